The molecule has 106 valence electrons. The maximum absolute atomic E-state index is 12.0. The van der Waals surface area contributed by atoms with Gasteiger partial charge in [-0.25, -0.2) is 0 Å². The zero-order valence-electron chi connectivity index (χ0n) is 11.3. The van der Waals surface area contributed by atoms with E-state index in [2.05, 4.69) is 5.32 Å². The van der Waals surface area contributed by atoms with Gasteiger partial charge in [-0.15, -0.1) is 0 Å². The fraction of sp³-hybridized carbons (Fsp3) is 0.583. The molecule has 0 aromatic carbocycles. The highest BCUT2D eigenvalue weighted by atomic mass is 16.6. The monoisotopic (exact) mass is 269 g/mol. The number of carbonyl (C=O) groups excluding carboxylic acids is 1. The Labute approximate surface area is 111 Å². The largest absolute Gasteiger partial charge is 0.394 e. The van der Waals surface area contributed by atoms with E-state index in [-0.39, 0.29) is 24.0 Å². The zero-order valence-corrected chi connectivity index (χ0v) is 11.3. The molecule has 0 bridgehead atoms. The number of nitro groups is 1. The number of nitrogens with one attached hydrogen (secondary N) is 1. The first kappa shape index (κ1) is 15.2. The molecule has 1 unspecified atom stereocenters. The molecular formula is C12H19N3O4. The van der Waals surface area contributed by atoms with Gasteiger partial charge in [0.05, 0.1) is 23.8 Å². The van der Waals surface area contributed by atoms with Gasteiger partial charge in [-0.1, -0.05) is 13.8 Å². The van der Waals surface area contributed by atoms with Crippen LogP contribution < -0.4 is 5.32 Å². The summed E-state index contributed by atoms with van der Waals surface area (Å²) in [5, 5.41) is 22.5. The molecule has 1 rings (SSSR count). The number of hydrogen-bond acceptors (Lipinski definition) is 4. The first-order chi connectivity index (χ1) is 8.85. The van der Waals surface area contributed by atoms with Crippen molar-refractivity contribution in [2.24, 2.45) is 13.0 Å². The molecule has 19 heavy (non-hydrogen) atoms. The third-order valence-corrected chi connectivity index (χ3v) is 2.75. The molecule has 1 aromatic heterocycles. The second-order valence-electron chi connectivity index (χ2n) is 4.93. The van der Waals surface area contributed by atoms with E-state index >= 15 is 0 Å². The minimum Gasteiger partial charge on any atom is -0.394 e. The van der Waals surface area contributed by atoms with Crippen LogP contribution in [0.15, 0.2) is 12.3 Å². The van der Waals surface area contributed by atoms with Gasteiger partial charge in [0.15, 0.2) is 0 Å². The number of carbonyl (C=O) groups is 1. The lowest BCUT2D eigenvalue weighted by atomic mass is 10.0. The van der Waals surface area contributed by atoms with E-state index in [1.807, 2.05) is 13.8 Å². The van der Waals surface area contributed by atoms with Crippen molar-refractivity contribution in [3.05, 3.63) is 28.1 Å². The third kappa shape index (κ3) is 4.06. The first-order valence-corrected chi connectivity index (χ1v) is 6.07. The summed E-state index contributed by atoms with van der Waals surface area (Å²) in [7, 11) is 1.57. The van der Waals surface area contributed by atoms with Crippen molar-refractivity contribution in [1.29, 1.82) is 0 Å². The van der Waals surface area contributed by atoms with Gasteiger partial charge < -0.3 is 15.0 Å². The number of aryl methyl sites for hydroxylation is 1. The Bertz CT molecular complexity index is 468. The van der Waals surface area contributed by atoms with Gasteiger partial charge in [-0.3, -0.25) is 14.9 Å². The Hall–Kier alpha value is -1.89. The fourth-order valence-electron chi connectivity index (χ4n) is 1.88. The zero-order chi connectivity index (χ0) is 14.6. The van der Waals surface area contributed by atoms with Gasteiger partial charge in [0.25, 0.3) is 11.6 Å². The summed E-state index contributed by atoms with van der Waals surface area (Å²) in [5.41, 5.74) is 0.0750. The highest BCUT2D eigenvalue weighted by Gasteiger charge is 2.20. The number of rotatable bonds is 6. The van der Waals surface area contributed by atoms with E-state index in [9.17, 15) is 20.0 Å². The Morgan fingerprint density at radius 2 is 2.21 bits per heavy atom. The molecule has 0 saturated carbocycles. The van der Waals surface area contributed by atoms with Gasteiger partial charge >= 0.3 is 0 Å². The molecule has 0 aliphatic carbocycles. The summed E-state index contributed by atoms with van der Waals surface area (Å²) >= 11 is 0. The summed E-state index contributed by atoms with van der Waals surface area (Å²) in [6, 6.07) is 0.875. The lowest BCUT2D eigenvalue weighted by molar-refractivity contribution is -0.384. The van der Waals surface area contributed by atoms with Gasteiger partial charge in [0.1, 0.15) is 5.69 Å². The summed E-state index contributed by atoms with van der Waals surface area (Å²) in [5.74, 6) is -0.0875. The standard InChI is InChI=1S/C12H19N3O4/c1-8(2)4-9(7-16)13-12(17)11-5-10(15(18)19)6-14(11)3/h5-6,8-9,16H,4,7H2,1-3H3,(H,13,17). The number of hydrogen-bond donors (Lipinski definition) is 2. The molecule has 1 heterocycles. The van der Waals surface area contributed by atoms with Crippen molar-refractivity contribution in [2.75, 3.05) is 6.61 Å². The Morgan fingerprint density at radius 1 is 1.58 bits per heavy atom. The number of aromatic nitrogens is 1. The molecule has 7 nitrogen and oxygen atoms in total. The van der Waals surface area contributed by atoms with Crippen LogP contribution in [0.4, 0.5) is 5.69 Å². The van der Waals surface area contributed by atoms with Crippen LogP contribution in [0.1, 0.15) is 30.8 Å². The van der Waals surface area contributed by atoms with Crippen LogP contribution in [-0.4, -0.2) is 33.2 Å². The predicted molar refractivity (Wildman–Crippen MR) is 69.9 cm³/mol. The van der Waals surface area contributed by atoms with Crippen LogP contribution in [0.5, 0.6) is 0 Å². The van der Waals surface area contributed by atoms with Crippen LogP contribution in [-0.2, 0) is 7.05 Å². The van der Waals surface area contributed by atoms with E-state index in [0.29, 0.717) is 12.3 Å². The van der Waals surface area contributed by atoms with Crippen molar-refractivity contribution < 1.29 is 14.8 Å². The number of aliphatic hydroxyl groups is 1. The summed E-state index contributed by atoms with van der Waals surface area (Å²) in [4.78, 5) is 22.1. The molecule has 0 saturated heterocycles. The minimum atomic E-state index is -0.547. The Morgan fingerprint density at radius 3 is 2.63 bits per heavy atom. The van der Waals surface area contributed by atoms with E-state index in [1.54, 1.807) is 7.05 Å². The highest BCUT2D eigenvalue weighted by molar-refractivity contribution is 5.93. The average Bonchev–Trinajstić information content (AvgIpc) is 2.70. The number of nitrogens with zero attached hydrogens (tertiary/aromatic N) is 2. The Balaban J connectivity index is 2.79. The number of amides is 1. The third-order valence-electron chi connectivity index (χ3n) is 2.75. The molecule has 0 aliphatic heterocycles. The topological polar surface area (TPSA) is 97.4 Å². The van der Waals surface area contributed by atoms with Crippen LogP contribution >= 0.6 is 0 Å². The SMILES string of the molecule is CC(C)CC(CO)NC(=O)c1cc([N+](=O)[O-])cn1C. The average molecular weight is 269 g/mol. The number of aliphatic hydroxyl groups excluding tert-OH is 1. The van der Waals surface area contributed by atoms with Crippen LogP contribution in [0.2, 0.25) is 0 Å². The van der Waals surface area contributed by atoms with E-state index in [4.69, 9.17) is 0 Å². The molecular weight excluding hydrogens is 250 g/mol. The smallest absolute Gasteiger partial charge is 0.287 e. The summed E-state index contributed by atoms with van der Waals surface area (Å²) < 4.78 is 1.40. The molecule has 1 atom stereocenters. The quantitative estimate of drug-likeness (QED) is 0.596. The van der Waals surface area contributed by atoms with Crippen molar-refractivity contribution in [2.45, 2.75) is 26.3 Å². The highest BCUT2D eigenvalue weighted by Crippen LogP contribution is 2.15. The maximum atomic E-state index is 12.0. The van der Waals surface area contributed by atoms with Gasteiger partial charge in [0.2, 0.25) is 0 Å². The van der Waals surface area contributed by atoms with Crippen molar-refractivity contribution in [1.82, 2.24) is 9.88 Å². The summed E-state index contributed by atoms with van der Waals surface area (Å²) in [6.07, 6.45) is 1.93. The van der Waals surface area contributed by atoms with Gasteiger partial charge in [-0.05, 0) is 12.3 Å². The van der Waals surface area contributed by atoms with Crippen LogP contribution in [0, 0.1) is 16.0 Å². The fourth-order valence-corrected chi connectivity index (χ4v) is 1.88. The van der Waals surface area contributed by atoms with E-state index in [0.717, 1.165) is 0 Å². The Kier molecular flexibility index (Phi) is 5.05. The molecule has 0 radical (unpaired) electrons. The molecule has 7 heteroatoms. The predicted octanol–water partition coefficient (Wildman–Crippen LogP) is 1.07. The molecule has 1 amide bonds. The second kappa shape index (κ2) is 6.33. The molecule has 1 aromatic rings. The van der Waals surface area contributed by atoms with Crippen LogP contribution in [0.25, 0.3) is 0 Å². The van der Waals surface area contributed by atoms with Crippen LogP contribution in [0.3, 0.4) is 0 Å². The minimum absolute atomic E-state index is 0.128. The molecule has 0 aliphatic rings. The van der Waals surface area contributed by atoms with E-state index in [1.165, 1.54) is 16.8 Å². The maximum Gasteiger partial charge on any atom is 0.287 e. The van der Waals surface area contributed by atoms with Crippen molar-refractivity contribution >= 4 is 11.6 Å². The first-order valence-electron chi connectivity index (χ1n) is 6.07. The summed E-state index contributed by atoms with van der Waals surface area (Å²) in [6.45, 7) is 3.82. The second-order valence-corrected chi connectivity index (χ2v) is 4.93. The lowest BCUT2D eigenvalue weighted by Crippen LogP contribution is -2.39. The molecule has 0 fully saturated rings. The lowest BCUT2D eigenvalue weighted by Gasteiger charge is -2.18. The van der Waals surface area contributed by atoms with E-state index < -0.39 is 10.8 Å². The molecule has 0 spiro atoms. The van der Waals surface area contributed by atoms with Gasteiger partial charge in [-0.2, -0.15) is 0 Å². The van der Waals surface area contributed by atoms with Crippen molar-refractivity contribution in [3.63, 3.8) is 0 Å². The van der Waals surface area contributed by atoms with Gasteiger partial charge in [0, 0.05) is 13.1 Å². The van der Waals surface area contributed by atoms with Crippen molar-refractivity contribution in [3.8, 4) is 0 Å². The molecule has 2 N–H and O–H groups in total. The normalized spacial score (nSPS) is 12.5.